The maximum Gasteiger partial charge on any atom is 0.188 e. The molecule has 0 spiro atoms. The molecule has 0 aliphatic rings. The van der Waals surface area contributed by atoms with Crippen molar-refractivity contribution in [2.45, 2.75) is 219 Å². The van der Waals surface area contributed by atoms with Crippen LogP contribution in [0.25, 0.3) is 0 Å². The van der Waals surface area contributed by atoms with Gasteiger partial charge in [-0.2, -0.15) is 0 Å². The molecule has 0 fully saturated rings. The summed E-state index contributed by atoms with van der Waals surface area (Å²) in [4.78, 5) is 24.2. The number of hydrogen-bond acceptors (Lipinski definition) is 4. The third-order valence-corrected chi connectivity index (χ3v) is 10.6. The van der Waals surface area contributed by atoms with Gasteiger partial charge in [-0.15, -0.1) is 0 Å². The normalized spacial score (nSPS) is 11.4. The minimum absolute atomic E-state index is 0.396. The molecule has 0 aliphatic carbocycles. The van der Waals surface area contributed by atoms with Crippen molar-refractivity contribution in [2.24, 2.45) is 0 Å². The summed E-state index contributed by atoms with van der Waals surface area (Å²) in [5.74, 6) is 1.95. The fourth-order valence-corrected chi connectivity index (χ4v) is 7.38. The average molecular weight is 627 g/mol. The Morgan fingerprint density at radius 1 is 0.310 bits per heavy atom. The average Bonchev–Trinajstić information content (AvgIpc) is 2.99. The van der Waals surface area contributed by atoms with Gasteiger partial charge in [-0.3, -0.25) is 9.59 Å². The third kappa shape index (κ3) is 36.2. The molecule has 0 aromatic rings. The lowest BCUT2D eigenvalue weighted by molar-refractivity contribution is -0.111. The minimum atomic E-state index is 0.396. The lowest BCUT2D eigenvalue weighted by atomic mass is 10.0. The lowest BCUT2D eigenvalue weighted by Crippen LogP contribution is -1.95. The molecule has 0 saturated carbocycles. The Kier molecular flexibility index (Phi) is 37.3. The molecule has 0 atom stereocenters. The van der Waals surface area contributed by atoms with E-state index in [1.54, 1.807) is 23.5 Å². The first-order valence-electron chi connectivity index (χ1n) is 19.0. The number of rotatable bonds is 35. The molecule has 0 amide bonds. The van der Waals surface area contributed by atoms with Crippen LogP contribution in [0.15, 0.2) is 0 Å². The van der Waals surface area contributed by atoms with Crippen LogP contribution in [0.5, 0.6) is 0 Å². The summed E-state index contributed by atoms with van der Waals surface area (Å²) in [6.07, 6.45) is 41.4. The van der Waals surface area contributed by atoms with E-state index in [0.717, 1.165) is 50.0 Å². The summed E-state index contributed by atoms with van der Waals surface area (Å²) < 4.78 is 0. The van der Waals surface area contributed by atoms with Crippen LogP contribution in [0.4, 0.5) is 0 Å². The fraction of sp³-hybridized carbons (Fsp3) is 0.947. The predicted molar refractivity (Wildman–Crippen MR) is 194 cm³/mol. The van der Waals surface area contributed by atoms with Gasteiger partial charge in [0.1, 0.15) is 0 Å². The number of carbonyl (C=O) groups excluding carboxylic acids is 2. The van der Waals surface area contributed by atoms with Gasteiger partial charge in [0.2, 0.25) is 0 Å². The van der Waals surface area contributed by atoms with E-state index < -0.39 is 0 Å². The molecular formula is C38H74O2S2. The van der Waals surface area contributed by atoms with Crippen molar-refractivity contribution in [2.75, 3.05) is 11.5 Å². The van der Waals surface area contributed by atoms with E-state index in [2.05, 4.69) is 13.8 Å². The molecule has 0 rings (SSSR count). The zero-order valence-corrected chi connectivity index (χ0v) is 30.3. The Morgan fingerprint density at radius 3 is 0.786 bits per heavy atom. The highest BCUT2D eigenvalue weighted by molar-refractivity contribution is 8.13. The molecule has 250 valence electrons. The minimum Gasteiger partial charge on any atom is -0.287 e. The SMILES string of the molecule is CCCCCCCCCCCCCCCC(=O)SCCCCCCSC(=O)CCCCCCCCCCCCCCC. The predicted octanol–water partition coefficient (Wildman–Crippen LogP) is 14.0. The lowest BCUT2D eigenvalue weighted by Gasteiger charge is -2.04. The summed E-state index contributed by atoms with van der Waals surface area (Å²) in [7, 11) is 0. The van der Waals surface area contributed by atoms with Gasteiger partial charge in [0.05, 0.1) is 0 Å². The summed E-state index contributed by atoms with van der Waals surface area (Å²) in [6, 6.07) is 0. The van der Waals surface area contributed by atoms with Crippen molar-refractivity contribution in [3.05, 3.63) is 0 Å². The molecule has 0 N–H and O–H groups in total. The Morgan fingerprint density at radius 2 is 0.524 bits per heavy atom. The molecule has 0 aromatic heterocycles. The van der Waals surface area contributed by atoms with E-state index in [1.165, 1.54) is 167 Å². The first-order chi connectivity index (χ1) is 20.7. The van der Waals surface area contributed by atoms with Crippen LogP contribution in [-0.4, -0.2) is 21.7 Å². The topological polar surface area (TPSA) is 34.1 Å². The molecule has 0 unspecified atom stereocenters. The van der Waals surface area contributed by atoms with Crippen LogP contribution in [0.3, 0.4) is 0 Å². The van der Waals surface area contributed by atoms with Crippen LogP contribution >= 0.6 is 23.5 Å². The van der Waals surface area contributed by atoms with E-state index in [-0.39, 0.29) is 0 Å². The van der Waals surface area contributed by atoms with Gasteiger partial charge in [-0.05, 0) is 25.7 Å². The van der Waals surface area contributed by atoms with Gasteiger partial charge in [0, 0.05) is 24.3 Å². The van der Waals surface area contributed by atoms with Gasteiger partial charge in [-0.1, -0.05) is 204 Å². The van der Waals surface area contributed by atoms with Gasteiger partial charge in [0.15, 0.2) is 10.2 Å². The Labute approximate surface area is 273 Å². The number of thioether (sulfide) groups is 2. The molecule has 0 radical (unpaired) electrons. The van der Waals surface area contributed by atoms with Crippen LogP contribution in [0, 0.1) is 0 Å². The molecule has 0 aromatic carbocycles. The molecule has 42 heavy (non-hydrogen) atoms. The van der Waals surface area contributed by atoms with Crippen LogP contribution in [-0.2, 0) is 9.59 Å². The van der Waals surface area contributed by atoms with Gasteiger partial charge in [-0.25, -0.2) is 0 Å². The molecule has 0 aliphatic heterocycles. The van der Waals surface area contributed by atoms with Crippen LogP contribution in [0.1, 0.15) is 219 Å². The molecule has 0 saturated heterocycles. The molecule has 0 bridgehead atoms. The van der Waals surface area contributed by atoms with Crippen molar-refractivity contribution in [1.82, 2.24) is 0 Å². The highest BCUT2D eigenvalue weighted by Gasteiger charge is 2.05. The van der Waals surface area contributed by atoms with Crippen molar-refractivity contribution in [1.29, 1.82) is 0 Å². The first-order valence-corrected chi connectivity index (χ1v) is 21.0. The van der Waals surface area contributed by atoms with Crippen molar-refractivity contribution < 1.29 is 9.59 Å². The standard InChI is InChI=1S/C38H74O2S2/c1-3-5-7-9-11-13-15-17-19-21-23-25-29-33-37(39)41-35-31-27-28-32-36-42-38(40)34-30-26-24-22-20-18-16-14-12-10-8-6-4-2/h3-36H2,1-2H3. The summed E-state index contributed by atoms with van der Waals surface area (Å²) in [6.45, 7) is 4.56. The van der Waals surface area contributed by atoms with Crippen LogP contribution < -0.4 is 0 Å². The molecule has 0 heterocycles. The number of unbranched alkanes of at least 4 members (excludes halogenated alkanes) is 27. The molecule has 2 nitrogen and oxygen atoms in total. The van der Waals surface area contributed by atoms with E-state index >= 15 is 0 Å². The summed E-state index contributed by atoms with van der Waals surface area (Å²) >= 11 is 3.11. The number of carbonyl (C=O) groups is 2. The fourth-order valence-electron chi connectivity index (χ4n) is 5.65. The van der Waals surface area contributed by atoms with E-state index in [4.69, 9.17) is 0 Å². The first kappa shape index (κ1) is 42.0. The zero-order chi connectivity index (χ0) is 30.6. The van der Waals surface area contributed by atoms with Crippen molar-refractivity contribution in [3.8, 4) is 0 Å². The third-order valence-electron chi connectivity index (χ3n) is 8.53. The molecule has 4 heteroatoms. The Hall–Kier alpha value is 0.0400. The summed E-state index contributed by atoms with van der Waals surface area (Å²) in [5, 5.41) is 0.791. The summed E-state index contributed by atoms with van der Waals surface area (Å²) in [5.41, 5.74) is 0. The second-order valence-electron chi connectivity index (χ2n) is 12.8. The zero-order valence-electron chi connectivity index (χ0n) is 28.7. The second-order valence-corrected chi connectivity index (χ2v) is 15.1. The highest BCUT2D eigenvalue weighted by atomic mass is 32.2. The Bertz CT molecular complexity index is 503. The second kappa shape index (κ2) is 37.2. The van der Waals surface area contributed by atoms with E-state index in [1.807, 2.05) is 0 Å². The van der Waals surface area contributed by atoms with Gasteiger partial charge in [0.25, 0.3) is 0 Å². The maximum atomic E-state index is 12.1. The maximum absolute atomic E-state index is 12.1. The largest absolute Gasteiger partial charge is 0.287 e. The number of hydrogen-bond donors (Lipinski definition) is 0. The quantitative estimate of drug-likeness (QED) is 0.0655. The smallest absolute Gasteiger partial charge is 0.188 e. The van der Waals surface area contributed by atoms with Gasteiger partial charge >= 0.3 is 0 Å². The van der Waals surface area contributed by atoms with E-state index in [9.17, 15) is 9.59 Å². The van der Waals surface area contributed by atoms with Crippen molar-refractivity contribution >= 4 is 33.8 Å². The molecular weight excluding hydrogens is 553 g/mol. The monoisotopic (exact) mass is 627 g/mol. The van der Waals surface area contributed by atoms with Gasteiger partial charge < -0.3 is 0 Å². The van der Waals surface area contributed by atoms with E-state index in [0.29, 0.717) is 10.2 Å². The highest BCUT2D eigenvalue weighted by Crippen LogP contribution is 2.18. The van der Waals surface area contributed by atoms with Crippen molar-refractivity contribution in [3.63, 3.8) is 0 Å². The van der Waals surface area contributed by atoms with Crippen LogP contribution in [0.2, 0.25) is 0 Å². The Balaban J connectivity index is 3.24.